The van der Waals surface area contributed by atoms with E-state index in [2.05, 4.69) is 25.8 Å². The molecule has 0 saturated carbocycles. The molecule has 0 saturated heterocycles. The van der Waals surface area contributed by atoms with Gasteiger partial charge in [0.05, 0.1) is 6.20 Å². The molecule has 0 bridgehead atoms. The number of rotatable bonds is 7. The van der Waals surface area contributed by atoms with Crippen LogP contribution in [0, 0.1) is 0 Å². The quantitative estimate of drug-likeness (QED) is 0.609. The van der Waals surface area contributed by atoms with Gasteiger partial charge in [-0.1, -0.05) is 36.4 Å². The van der Waals surface area contributed by atoms with E-state index in [-0.39, 0.29) is 18.2 Å². The summed E-state index contributed by atoms with van der Waals surface area (Å²) >= 11 is 0. The van der Waals surface area contributed by atoms with Crippen molar-refractivity contribution < 1.29 is 9.59 Å². The molecule has 1 atom stereocenters. The lowest BCUT2D eigenvalue weighted by atomic mass is 10.1. The summed E-state index contributed by atoms with van der Waals surface area (Å²) in [6.45, 7) is 0. The number of benzene rings is 1. The Balaban J connectivity index is 1.67. The number of carbonyl (C=O) groups is 2. The lowest BCUT2D eigenvalue weighted by Crippen LogP contribution is -2.37. The maximum absolute atomic E-state index is 12.6. The van der Waals surface area contributed by atoms with Gasteiger partial charge in [0.15, 0.2) is 0 Å². The zero-order valence-electron chi connectivity index (χ0n) is 14.1. The highest BCUT2D eigenvalue weighted by Gasteiger charge is 2.23. The summed E-state index contributed by atoms with van der Waals surface area (Å²) in [4.78, 5) is 29.2. The molecule has 3 rings (SSSR count). The summed E-state index contributed by atoms with van der Waals surface area (Å²) in [5.41, 5.74) is 1.54. The summed E-state index contributed by atoms with van der Waals surface area (Å²) < 4.78 is 0. The number of nitrogens with one attached hydrogen (secondary N) is 3. The van der Waals surface area contributed by atoms with Crippen molar-refractivity contribution in [3.63, 3.8) is 0 Å². The summed E-state index contributed by atoms with van der Waals surface area (Å²) in [6, 6.07) is 15.5. The van der Waals surface area contributed by atoms with E-state index in [1.54, 1.807) is 30.6 Å². The number of aromatic amines is 1. The Labute approximate surface area is 150 Å². The molecule has 1 unspecified atom stereocenters. The van der Waals surface area contributed by atoms with Gasteiger partial charge in [-0.25, -0.2) is 0 Å². The molecular weight excluding hydrogens is 330 g/mol. The van der Waals surface area contributed by atoms with Crippen LogP contribution in [0.5, 0.6) is 0 Å². The van der Waals surface area contributed by atoms with Crippen molar-refractivity contribution >= 4 is 17.6 Å². The fraction of sp³-hybridized carbons (Fsp3) is 0.158. The third kappa shape index (κ3) is 4.76. The van der Waals surface area contributed by atoms with E-state index in [9.17, 15) is 9.59 Å². The van der Waals surface area contributed by atoms with Crippen molar-refractivity contribution in [2.24, 2.45) is 0 Å². The van der Waals surface area contributed by atoms with E-state index in [1.807, 2.05) is 36.4 Å². The van der Waals surface area contributed by atoms with Gasteiger partial charge in [0.1, 0.15) is 11.9 Å². The van der Waals surface area contributed by atoms with Crippen LogP contribution < -0.4 is 10.6 Å². The molecule has 3 N–H and O–H groups in total. The third-order valence-electron chi connectivity index (χ3n) is 3.79. The van der Waals surface area contributed by atoms with Gasteiger partial charge in [0.2, 0.25) is 5.91 Å². The molecular formula is C19H19N5O2. The fourth-order valence-corrected chi connectivity index (χ4v) is 2.50. The van der Waals surface area contributed by atoms with Crippen LogP contribution in [0.25, 0.3) is 0 Å². The highest BCUT2D eigenvalue weighted by molar-refractivity contribution is 5.97. The van der Waals surface area contributed by atoms with Crippen LogP contribution in [0.1, 0.15) is 23.7 Å². The smallest absolute Gasteiger partial charge is 0.252 e. The second kappa shape index (κ2) is 8.57. The number of hydrogen-bond acceptors (Lipinski definition) is 4. The lowest BCUT2D eigenvalue weighted by molar-refractivity contribution is -0.126. The molecule has 132 valence electrons. The Kier molecular flexibility index (Phi) is 5.72. The minimum Gasteiger partial charge on any atom is -0.341 e. The number of hydrogen-bond donors (Lipinski definition) is 3. The van der Waals surface area contributed by atoms with Crippen LogP contribution in [0.2, 0.25) is 0 Å². The SMILES string of the molecule is O=C(CCc1ccccn1)NC(C(=O)Nc1ccn[nH]1)c1ccccc1. The highest BCUT2D eigenvalue weighted by atomic mass is 16.2. The first kappa shape index (κ1) is 17.3. The number of nitrogens with zero attached hydrogens (tertiary/aromatic N) is 2. The molecule has 0 spiro atoms. The molecule has 1 aromatic carbocycles. The number of amides is 2. The molecule has 0 aliphatic heterocycles. The molecule has 7 nitrogen and oxygen atoms in total. The molecule has 26 heavy (non-hydrogen) atoms. The minimum atomic E-state index is -0.796. The van der Waals surface area contributed by atoms with E-state index in [0.29, 0.717) is 17.8 Å². The Morgan fingerprint density at radius 1 is 1.00 bits per heavy atom. The van der Waals surface area contributed by atoms with Crippen molar-refractivity contribution in [1.82, 2.24) is 20.5 Å². The van der Waals surface area contributed by atoms with Crippen molar-refractivity contribution in [3.8, 4) is 0 Å². The topological polar surface area (TPSA) is 99.8 Å². The van der Waals surface area contributed by atoms with Crippen LogP contribution in [0.3, 0.4) is 0 Å². The van der Waals surface area contributed by atoms with Crippen LogP contribution in [0.15, 0.2) is 67.0 Å². The average Bonchev–Trinajstić information content (AvgIpc) is 3.19. The number of carbonyl (C=O) groups excluding carboxylic acids is 2. The van der Waals surface area contributed by atoms with Crippen molar-refractivity contribution in [2.45, 2.75) is 18.9 Å². The van der Waals surface area contributed by atoms with Gasteiger partial charge in [-0.3, -0.25) is 19.7 Å². The van der Waals surface area contributed by atoms with Gasteiger partial charge in [-0.05, 0) is 24.1 Å². The monoisotopic (exact) mass is 349 g/mol. The Morgan fingerprint density at radius 3 is 2.50 bits per heavy atom. The molecule has 2 aromatic heterocycles. The van der Waals surface area contributed by atoms with Gasteiger partial charge >= 0.3 is 0 Å². The Morgan fingerprint density at radius 2 is 1.81 bits per heavy atom. The predicted octanol–water partition coefficient (Wildman–Crippen LogP) is 2.23. The van der Waals surface area contributed by atoms with Gasteiger partial charge < -0.3 is 10.6 Å². The van der Waals surface area contributed by atoms with Crippen LogP contribution in [0.4, 0.5) is 5.82 Å². The van der Waals surface area contributed by atoms with E-state index in [0.717, 1.165) is 5.69 Å². The zero-order chi connectivity index (χ0) is 18.2. The molecule has 0 aliphatic carbocycles. The maximum Gasteiger partial charge on any atom is 0.252 e. The van der Waals surface area contributed by atoms with Gasteiger partial charge in [0.25, 0.3) is 5.91 Å². The van der Waals surface area contributed by atoms with E-state index in [4.69, 9.17) is 0 Å². The number of pyridine rings is 1. The number of aryl methyl sites for hydroxylation is 1. The molecule has 3 aromatic rings. The number of aromatic nitrogens is 3. The van der Waals surface area contributed by atoms with Crippen molar-refractivity contribution in [1.29, 1.82) is 0 Å². The largest absolute Gasteiger partial charge is 0.341 e. The summed E-state index contributed by atoms with van der Waals surface area (Å²) in [6.07, 6.45) is 3.99. The molecule has 2 heterocycles. The molecule has 2 amide bonds. The lowest BCUT2D eigenvalue weighted by Gasteiger charge is -2.18. The second-order valence-electron chi connectivity index (χ2n) is 5.69. The van der Waals surface area contributed by atoms with Crippen molar-refractivity contribution in [2.75, 3.05) is 5.32 Å². The summed E-state index contributed by atoms with van der Waals surface area (Å²) in [7, 11) is 0. The second-order valence-corrected chi connectivity index (χ2v) is 5.69. The average molecular weight is 349 g/mol. The fourth-order valence-electron chi connectivity index (χ4n) is 2.50. The maximum atomic E-state index is 12.6. The number of H-pyrrole nitrogens is 1. The third-order valence-corrected chi connectivity index (χ3v) is 3.79. The van der Waals surface area contributed by atoms with Crippen molar-refractivity contribution in [3.05, 3.63) is 78.2 Å². The first-order valence-electron chi connectivity index (χ1n) is 8.27. The van der Waals surface area contributed by atoms with Crippen LogP contribution in [-0.4, -0.2) is 27.0 Å². The standard InChI is InChI=1S/C19H19N5O2/c25-17(10-9-15-8-4-5-12-20-15)23-18(14-6-2-1-3-7-14)19(26)22-16-11-13-21-24-16/h1-8,11-13,18H,9-10H2,(H,23,25)(H2,21,22,24,26). The van der Waals surface area contributed by atoms with E-state index >= 15 is 0 Å². The normalized spacial score (nSPS) is 11.5. The van der Waals surface area contributed by atoms with Gasteiger partial charge in [-0.2, -0.15) is 5.10 Å². The van der Waals surface area contributed by atoms with E-state index in [1.165, 1.54) is 0 Å². The number of anilines is 1. The minimum absolute atomic E-state index is 0.218. The highest BCUT2D eigenvalue weighted by Crippen LogP contribution is 2.15. The first-order chi connectivity index (χ1) is 12.7. The van der Waals surface area contributed by atoms with Gasteiger partial charge in [-0.15, -0.1) is 0 Å². The van der Waals surface area contributed by atoms with Crippen LogP contribution in [-0.2, 0) is 16.0 Å². The first-order valence-corrected chi connectivity index (χ1v) is 8.27. The Bertz CT molecular complexity index is 835. The Hall–Kier alpha value is -3.48. The summed E-state index contributed by atoms with van der Waals surface area (Å²) in [5, 5.41) is 12.0. The van der Waals surface area contributed by atoms with Gasteiger partial charge in [0, 0.05) is 24.4 Å². The molecule has 0 radical (unpaired) electrons. The zero-order valence-corrected chi connectivity index (χ0v) is 14.1. The predicted molar refractivity (Wildman–Crippen MR) is 97.1 cm³/mol. The molecule has 7 heteroatoms. The molecule has 0 fully saturated rings. The van der Waals surface area contributed by atoms with Crippen LogP contribution >= 0.6 is 0 Å². The molecule has 0 aliphatic rings. The van der Waals surface area contributed by atoms with E-state index < -0.39 is 6.04 Å². The summed E-state index contributed by atoms with van der Waals surface area (Å²) in [5.74, 6) is -0.0884.